The minimum Gasteiger partial charge on any atom is -0.0602 e. The van der Waals surface area contributed by atoms with Gasteiger partial charge in [0, 0.05) is 0 Å². The van der Waals surface area contributed by atoms with E-state index in [2.05, 4.69) is 41.5 Å². The lowest BCUT2D eigenvalue weighted by Gasteiger charge is -2.42. The summed E-state index contributed by atoms with van der Waals surface area (Å²) in [5.41, 5.74) is 1.66. The molecule has 0 aromatic rings. The van der Waals surface area contributed by atoms with Gasteiger partial charge in [-0.1, -0.05) is 60.8 Å². The Bertz CT molecular complexity index is 211. The van der Waals surface area contributed by atoms with Crippen LogP contribution in [0.5, 0.6) is 0 Å². The van der Waals surface area contributed by atoms with Crippen molar-refractivity contribution in [2.45, 2.75) is 86.5 Å². The van der Waals surface area contributed by atoms with Crippen LogP contribution in [0.1, 0.15) is 86.5 Å². The van der Waals surface area contributed by atoms with Crippen LogP contribution in [0.3, 0.4) is 0 Å². The topological polar surface area (TPSA) is 0 Å². The van der Waals surface area contributed by atoms with Gasteiger partial charge in [0.1, 0.15) is 0 Å². The molecule has 0 saturated heterocycles. The van der Waals surface area contributed by atoms with E-state index in [4.69, 9.17) is 0 Å². The van der Waals surface area contributed by atoms with Crippen LogP contribution in [0.4, 0.5) is 0 Å². The summed E-state index contributed by atoms with van der Waals surface area (Å²) >= 11 is 0. The molecule has 0 heterocycles. The predicted octanol–water partition coefficient (Wildman–Crippen LogP) is 5.81. The third-order valence-corrected chi connectivity index (χ3v) is 5.07. The minimum atomic E-state index is 0.507. The van der Waals surface area contributed by atoms with Gasteiger partial charge in [-0.05, 0) is 41.9 Å². The summed E-state index contributed by atoms with van der Waals surface area (Å²) in [6, 6.07) is 0. The Kier molecular flexibility index (Phi) is 4.13. The zero-order valence-corrected chi connectivity index (χ0v) is 12.4. The molecule has 1 saturated carbocycles. The summed E-state index contributed by atoms with van der Waals surface area (Å²) in [4.78, 5) is 0. The molecule has 0 bridgehead atoms. The van der Waals surface area contributed by atoms with Crippen molar-refractivity contribution >= 4 is 0 Å². The maximum absolute atomic E-state index is 2.52. The lowest BCUT2D eigenvalue weighted by Crippen LogP contribution is -2.32. The van der Waals surface area contributed by atoms with Crippen molar-refractivity contribution in [3.05, 3.63) is 0 Å². The summed E-state index contributed by atoms with van der Waals surface area (Å²) < 4.78 is 0. The Balaban J connectivity index is 2.45. The van der Waals surface area contributed by atoms with Crippen molar-refractivity contribution in [3.8, 4) is 0 Å². The average molecular weight is 224 g/mol. The molecule has 0 aromatic heterocycles. The molecule has 1 fully saturated rings. The van der Waals surface area contributed by atoms with E-state index in [1.165, 1.54) is 44.9 Å². The van der Waals surface area contributed by atoms with Gasteiger partial charge >= 0.3 is 0 Å². The second kappa shape index (κ2) is 4.70. The molecule has 0 nitrogen and oxygen atoms in total. The molecule has 0 unspecified atom stereocenters. The van der Waals surface area contributed by atoms with Crippen LogP contribution in [0.15, 0.2) is 0 Å². The van der Waals surface area contributed by atoms with Crippen LogP contribution in [0.25, 0.3) is 0 Å². The molecule has 0 amide bonds. The second-order valence-corrected chi connectivity index (χ2v) is 8.07. The zero-order valence-electron chi connectivity index (χ0n) is 12.4. The lowest BCUT2D eigenvalue weighted by atomic mass is 9.63. The van der Waals surface area contributed by atoms with E-state index in [-0.39, 0.29) is 0 Å². The largest absolute Gasteiger partial charge is 0.0602 e. The summed E-state index contributed by atoms with van der Waals surface area (Å²) in [5.74, 6) is 0. The van der Waals surface area contributed by atoms with Crippen molar-refractivity contribution in [1.29, 1.82) is 0 Å². The quantitative estimate of drug-likeness (QED) is 0.565. The Morgan fingerprint density at radius 1 is 0.875 bits per heavy atom. The number of rotatable bonds is 4. The van der Waals surface area contributed by atoms with Gasteiger partial charge in [0.2, 0.25) is 0 Å². The molecule has 1 aliphatic rings. The highest BCUT2D eigenvalue weighted by Gasteiger charge is 2.42. The maximum atomic E-state index is 2.52. The first-order valence-electron chi connectivity index (χ1n) is 7.16. The molecule has 0 radical (unpaired) electrons. The van der Waals surface area contributed by atoms with E-state index in [1.54, 1.807) is 0 Å². The van der Waals surface area contributed by atoms with Gasteiger partial charge in [-0.15, -0.1) is 0 Å². The van der Waals surface area contributed by atoms with Crippen LogP contribution in [0.2, 0.25) is 0 Å². The molecule has 0 aliphatic heterocycles. The normalized spacial score (nSPS) is 21.4. The maximum Gasteiger partial charge on any atom is -0.0275 e. The highest BCUT2D eigenvalue weighted by Crippen LogP contribution is 2.53. The van der Waals surface area contributed by atoms with Gasteiger partial charge in [-0.2, -0.15) is 0 Å². The van der Waals surface area contributed by atoms with Crippen molar-refractivity contribution in [2.24, 2.45) is 16.2 Å². The summed E-state index contributed by atoms with van der Waals surface area (Å²) in [6.45, 7) is 14.6. The number of hydrogen-bond donors (Lipinski definition) is 0. The molecule has 1 aliphatic carbocycles. The summed E-state index contributed by atoms with van der Waals surface area (Å²) in [5, 5.41) is 0. The Hall–Kier alpha value is 0. The first kappa shape index (κ1) is 14.1. The Morgan fingerprint density at radius 3 is 1.81 bits per heavy atom. The van der Waals surface area contributed by atoms with E-state index >= 15 is 0 Å². The molecule has 1 rings (SSSR count). The van der Waals surface area contributed by atoms with Gasteiger partial charge in [-0.25, -0.2) is 0 Å². The predicted molar refractivity (Wildman–Crippen MR) is 73.7 cm³/mol. The molecule has 0 heteroatoms. The molecule has 96 valence electrons. The first-order chi connectivity index (χ1) is 7.16. The van der Waals surface area contributed by atoms with Crippen LogP contribution in [-0.2, 0) is 0 Å². The van der Waals surface area contributed by atoms with Crippen LogP contribution in [-0.4, -0.2) is 0 Å². The van der Waals surface area contributed by atoms with Crippen LogP contribution < -0.4 is 0 Å². The molecule has 0 aromatic carbocycles. The van der Waals surface area contributed by atoms with E-state index < -0.39 is 0 Å². The fourth-order valence-electron chi connectivity index (χ4n) is 3.19. The zero-order chi connectivity index (χ0) is 12.4. The van der Waals surface area contributed by atoms with Gasteiger partial charge in [-0.3, -0.25) is 0 Å². The molecular formula is C16H32. The average Bonchev–Trinajstić information content (AvgIpc) is 2.50. The smallest absolute Gasteiger partial charge is 0.0275 e. The summed E-state index contributed by atoms with van der Waals surface area (Å²) in [6.07, 6.45) is 9.99. The number of hydrogen-bond acceptors (Lipinski definition) is 0. The van der Waals surface area contributed by atoms with E-state index in [0.717, 1.165) is 0 Å². The van der Waals surface area contributed by atoms with Crippen molar-refractivity contribution < 1.29 is 0 Å². The van der Waals surface area contributed by atoms with E-state index in [0.29, 0.717) is 16.2 Å². The monoisotopic (exact) mass is 224 g/mol. The highest BCUT2D eigenvalue weighted by molar-refractivity contribution is 4.92. The van der Waals surface area contributed by atoms with Gasteiger partial charge in [0.15, 0.2) is 0 Å². The third kappa shape index (κ3) is 3.50. The fraction of sp³-hybridized carbons (Fsp3) is 1.00. The standard InChI is InChI=1S/C16H32/c1-14(2,3)10-9-11-15(4,5)16(6)12-7-8-13-16/h7-13H2,1-6H3. The van der Waals surface area contributed by atoms with Crippen molar-refractivity contribution in [2.75, 3.05) is 0 Å². The molecular weight excluding hydrogens is 192 g/mol. The lowest BCUT2D eigenvalue weighted by molar-refractivity contribution is 0.0787. The van der Waals surface area contributed by atoms with Crippen LogP contribution in [0, 0.1) is 16.2 Å². The molecule has 0 atom stereocenters. The van der Waals surface area contributed by atoms with E-state index in [1.807, 2.05) is 0 Å². The first-order valence-corrected chi connectivity index (χ1v) is 7.16. The molecule has 0 N–H and O–H groups in total. The third-order valence-electron chi connectivity index (χ3n) is 5.07. The van der Waals surface area contributed by atoms with Gasteiger partial charge in [0.05, 0.1) is 0 Å². The van der Waals surface area contributed by atoms with Crippen molar-refractivity contribution in [1.82, 2.24) is 0 Å². The SMILES string of the molecule is CC(C)(C)CCCC(C)(C)C1(C)CCCC1. The van der Waals surface area contributed by atoms with Gasteiger partial charge < -0.3 is 0 Å². The Morgan fingerprint density at radius 2 is 1.38 bits per heavy atom. The molecule has 16 heavy (non-hydrogen) atoms. The Labute approximate surface area is 103 Å². The summed E-state index contributed by atoms with van der Waals surface area (Å²) in [7, 11) is 0. The van der Waals surface area contributed by atoms with Crippen molar-refractivity contribution in [3.63, 3.8) is 0 Å². The van der Waals surface area contributed by atoms with E-state index in [9.17, 15) is 0 Å². The molecule has 0 spiro atoms. The highest BCUT2D eigenvalue weighted by atomic mass is 14.5. The second-order valence-electron chi connectivity index (χ2n) is 8.07. The van der Waals surface area contributed by atoms with Gasteiger partial charge in [0.25, 0.3) is 0 Å². The fourth-order valence-corrected chi connectivity index (χ4v) is 3.19. The van der Waals surface area contributed by atoms with Crippen LogP contribution >= 0.6 is 0 Å². The minimum absolute atomic E-state index is 0.507.